The van der Waals surface area contributed by atoms with Gasteiger partial charge in [-0.2, -0.15) is 0 Å². The van der Waals surface area contributed by atoms with E-state index in [1.165, 1.54) is 38.5 Å². The molecule has 2 aromatic carbocycles. The molecule has 6 heteroatoms. The molecule has 164 valence electrons. The summed E-state index contributed by atoms with van der Waals surface area (Å²) in [6.07, 6.45) is 8.16. The van der Waals surface area contributed by atoms with Crippen molar-refractivity contribution in [2.75, 3.05) is 7.11 Å². The number of nitrogens with one attached hydrogen (secondary N) is 2. The first kappa shape index (κ1) is 21.2. The molecule has 0 heterocycles. The van der Waals surface area contributed by atoms with Crippen molar-refractivity contribution in [2.45, 2.75) is 51.5 Å². The summed E-state index contributed by atoms with van der Waals surface area (Å²) < 4.78 is 6.34. The lowest BCUT2D eigenvalue weighted by Crippen LogP contribution is -2.57. The Morgan fingerprint density at radius 2 is 1.77 bits per heavy atom. The molecule has 0 aliphatic heterocycles. The van der Waals surface area contributed by atoms with Gasteiger partial charge in [-0.3, -0.25) is 10.1 Å². The highest BCUT2D eigenvalue weighted by molar-refractivity contribution is 9.10. The molecule has 4 aliphatic rings. The van der Waals surface area contributed by atoms with Crippen molar-refractivity contribution in [3.8, 4) is 5.75 Å². The zero-order chi connectivity index (χ0) is 21.8. The van der Waals surface area contributed by atoms with Crippen LogP contribution in [0.3, 0.4) is 0 Å². The predicted octanol–water partition coefficient (Wildman–Crippen LogP) is 5.82. The van der Waals surface area contributed by atoms with Crippen molar-refractivity contribution in [2.24, 2.45) is 23.2 Å². The Kier molecular flexibility index (Phi) is 5.50. The number of hydrogen-bond donors (Lipinski definition) is 2. The van der Waals surface area contributed by atoms with Crippen molar-refractivity contribution in [3.63, 3.8) is 0 Å². The summed E-state index contributed by atoms with van der Waals surface area (Å²) in [5.41, 5.74) is 0.799. The fraction of sp³-hybridized carbons (Fsp3) is 0.520. The normalized spacial score (nSPS) is 29.6. The molecule has 31 heavy (non-hydrogen) atoms. The molecule has 4 aliphatic carbocycles. The van der Waals surface area contributed by atoms with Crippen LogP contribution in [0.4, 0.5) is 0 Å². The van der Waals surface area contributed by atoms with Gasteiger partial charge in [-0.25, -0.2) is 0 Å². The Morgan fingerprint density at radius 1 is 1.16 bits per heavy atom. The maximum Gasteiger partial charge on any atom is 0.261 e. The van der Waals surface area contributed by atoms with E-state index in [0.717, 1.165) is 33.0 Å². The van der Waals surface area contributed by atoms with E-state index in [0.29, 0.717) is 21.8 Å². The molecule has 0 spiro atoms. The molecule has 1 unspecified atom stereocenters. The third kappa shape index (κ3) is 3.76. The number of hydrogen-bond acceptors (Lipinski definition) is 3. The van der Waals surface area contributed by atoms with Crippen molar-refractivity contribution in [1.29, 1.82) is 0 Å². The lowest BCUT2D eigenvalue weighted by molar-refractivity contribution is -0.0672. The number of amides is 1. The maximum absolute atomic E-state index is 13.1. The predicted molar refractivity (Wildman–Crippen MR) is 131 cm³/mol. The number of ether oxygens (including phenoxy) is 1. The van der Waals surface area contributed by atoms with E-state index in [2.05, 4.69) is 33.5 Å². The van der Waals surface area contributed by atoms with Crippen LogP contribution in [0.25, 0.3) is 10.8 Å². The molecule has 1 atom stereocenters. The molecule has 2 N–H and O–H groups in total. The van der Waals surface area contributed by atoms with Crippen LogP contribution >= 0.6 is 28.1 Å². The zero-order valence-electron chi connectivity index (χ0n) is 18.0. The molecule has 2 aromatic rings. The summed E-state index contributed by atoms with van der Waals surface area (Å²) in [4.78, 5) is 13.1. The largest absolute Gasteiger partial charge is 0.495 e. The first-order valence-electron chi connectivity index (χ1n) is 11.3. The zero-order valence-corrected chi connectivity index (χ0v) is 20.4. The number of rotatable bonds is 4. The van der Waals surface area contributed by atoms with Gasteiger partial charge < -0.3 is 10.1 Å². The lowest BCUT2D eigenvalue weighted by Gasteiger charge is -2.59. The molecular formula is C25H29BrN2O2S. The van der Waals surface area contributed by atoms with Gasteiger partial charge in [0.15, 0.2) is 5.11 Å². The monoisotopic (exact) mass is 500 g/mol. The van der Waals surface area contributed by atoms with Gasteiger partial charge >= 0.3 is 0 Å². The van der Waals surface area contributed by atoms with Crippen LogP contribution < -0.4 is 15.4 Å². The highest BCUT2D eigenvalue weighted by atomic mass is 79.9. The number of carbonyl (C=O) groups is 1. The lowest BCUT2D eigenvalue weighted by atomic mass is 9.48. The van der Waals surface area contributed by atoms with E-state index in [-0.39, 0.29) is 11.9 Å². The third-order valence-corrected chi connectivity index (χ3v) is 8.98. The molecule has 0 saturated heterocycles. The second kappa shape index (κ2) is 8.04. The van der Waals surface area contributed by atoms with E-state index < -0.39 is 0 Å². The molecule has 4 fully saturated rings. The summed E-state index contributed by atoms with van der Waals surface area (Å²) in [7, 11) is 1.58. The van der Waals surface area contributed by atoms with Gasteiger partial charge in [0.05, 0.1) is 17.1 Å². The first-order valence-corrected chi connectivity index (χ1v) is 12.5. The van der Waals surface area contributed by atoms with Gasteiger partial charge in [-0.15, -0.1) is 0 Å². The second-order valence-corrected chi connectivity index (χ2v) is 11.1. The fourth-order valence-corrected chi connectivity index (χ4v) is 7.92. The minimum Gasteiger partial charge on any atom is -0.495 e. The molecule has 4 saturated carbocycles. The quantitative estimate of drug-likeness (QED) is 0.519. The number of carbonyl (C=O) groups excluding carboxylic acids is 1. The summed E-state index contributed by atoms with van der Waals surface area (Å²) in [5.74, 6) is 2.93. The van der Waals surface area contributed by atoms with Gasteiger partial charge in [0, 0.05) is 6.04 Å². The van der Waals surface area contributed by atoms with E-state index in [1.54, 1.807) is 7.11 Å². The first-order chi connectivity index (χ1) is 14.9. The Morgan fingerprint density at radius 3 is 2.39 bits per heavy atom. The molecule has 0 aromatic heterocycles. The summed E-state index contributed by atoms with van der Waals surface area (Å²) in [6.45, 7) is 2.25. The van der Waals surface area contributed by atoms with Gasteiger partial charge in [0.1, 0.15) is 5.75 Å². The number of benzene rings is 2. The average Bonchev–Trinajstić information content (AvgIpc) is 2.72. The topological polar surface area (TPSA) is 50.4 Å². The van der Waals surface area contributed by atoms with Gasteiger partial charge in [-0.05, 0) is 114 Å². The van der Waals surface area contributed by atoms with Gasteiger partial charge in [0.25, 0.3) is 5.91 Å². The van der Waals surface area contributed by atoms with Crippen LogP contribution in [-0.4, -0.2) is 24.2 Å². The van der Waals surface area contributed by atoms with Crippen molar-refractivity contribution >= 4 is 49.9 Å². The standard InChI is InChI=1S/C25H29BrN2O2S/c1-14(25-11-15-7-16(12-25)9-17(8-15)13-25)27-24(31)28-23(29)20-10-18-5-3-4-6-19(18)21(26)22(20)30-2/h3-6,10,14-17H,7-9,11-13H2,1-2H3,(H2,27,28,29,31). The minimum absolute atomic E-state index is 0.251. The van der Waals surface area contributed by atoms with Gasteiger partial charge in [-0.1, -0.05) is 24.3 Å². The summed E-state index contributed by atoms with van der Waals surface area (Å²) in [5, 5.41) is 8.76. The number of halogens is 1. The Labute approximate surface area is 197 Å². The van der Waals surface area contributed by atoms with Crippen molar-refractivity contribution in [1.82, 2.24) is 10.6 Å². The van der Waals surface area contributed by atoms with Crippen molar-refractivity contribution in [3.05, 3.63) is 40.4 Å². The molecular weight excluding hydrogens is 472 g/mol. The second-order valence-electron chi connectivity index (χ2n) is 9.92. The van der Waals surface area contributed by atoms with Crippen LogP contribution in [0, 0.1) is 23.2 Å². The van der Waals surface area contributed by atoms with Crippen LogP contribution in [0.15, 0.2) is 34.8 Å². The van der Waals surface area contributed by atoms with Crippen molar-refractivity contribution < 1.29 is 9.53 Å². The SMILES string of the molecule is COc1c(C(=O)NC(=S)NC(C)C23CC4CC(CC(C4)C2)C3)cc2ccccc2c1Br. The molecule has 4 bridgehead atoms. The number of fused-ring (bicyclic) bond motifs is 1. The van der Waals surface area contributed by atoms with Crippen LogP contribution in [0.5, 0.6) is 5.75 Å². The summed E-state index contributed by atoms with van der Waals surface area (Å²) >= 11 is 9.18. The van der Waals surface area contributed by atoms with E-state index in [9.17, 15) is 4.79 Å². The molecule has 1 amide bonds. The summed E-state index contributed by atoms with van der Waals surface area (Å²) in [6, 6.07) is 10.0. The van der Waals surface area contributed by atoms with E-state index in [1.807, 2.05) is 30.3 Å². The van der Waals surface area contributed by atoms with Gasteiger partial charge in [0.2, 0.25) is 0 Å². The number of methoxy groups -OCH3 is 1. The highest BCUT2D eigenvalue weighted by Gasteiger charge is 2.53. The fourth-order valence-electron chi connectivity index (χ4n) is 6.92. The van der Waals surface area contributed by atoms with Crippen LogP contribution in [-0.2, 0) is 0 Å². The molecule has 0 radical (unpaired) electrons. The minimum atomic E-state index is -0.251. The number of thiocarbonyl (C=S) groups is 1. The van der Waals surface area contributed by atoms with Crippen LogP contribution in [0.1, 0.15) is 55.8 Å². The smallest absolute Gasteiger partial charge is 0.261 e. The Hall–Kier alpha value is -1.66. The molecule has 6 rings (SSSR count). The average molecular weight is 501 g/mol. The maximum atomic E-state index is 13.1. The van der Waals surface area contributed by atoms with E-state index >= 15 is 0 Å². The molecule has 4 nitrogen and oxygen atoms in total. The highest BCUT2D eigenvalue weighted by Crippen LogP contribution is 2.61. The Bertz CT molecular complexity index is 1020. The third-order valence-electron chi connectivity index (χ3n) is 7.97. The Balaban J connectivity index is 1.31. The van der Waals surface area contributed by atoms with Crippen LogP contribution in [0.2, 0.25) is 0 Å². The van der Waals surface area contributed by atoms with E-state index in [4.69, 9.17) is 17.0 Å².